The molecule has 3 heterocycles. The summed E-state index contributed by atoms with van der Waals surface area (Å²) in [5, 5.41) is 3.62. The second kappa shape index (κ2) is 16.5. The lowest BCUT2D eigenvalue weighted by Gasteiger charge is -2.41. The summed E-state index contributed by atoms with van der Waals surface area (Å²) < 4.78 is 4.30. The van der Waals surface area contributed by atoms with Crippen LogP contribution in [-0.2, 0) is 11.0 Å². The van der Waals surface area contributed by atoms with E-state index in [1.807, 2.05) is 78.9 Å². The highest BCUT2D eigenvalue weighted by atomic mass is 15.2. The molecule has 1 atom stereocenters. The summed E-state index contributed by atoms with van der Waals surface area (Å²) in [5.41, 5.74) is 9.68. The van der Waals surface area contributed by atoms with Crippen molar-refractivity contribution in [2.24, 2.45) is 0 Å². The molecule has 1 unspecified atom stereocenters. The van der Waals surface area contributed by atoms with E-state index in [1.165, 1.54) is 22.3 Å². The molecule has 0 fully saturated rings. The average molecular weight is 918 g/mol. The van der Waals surface area contributed by atoms with E-state index in [9.17, 15) is 0 Å². The van der Waals surface area contributed by atoms with Gasteiger partial charge in [-0.05, 0) is 63.2 Å². The van der Waals surface area contributed by atoms with Crippen LogP contribution >= 0.6 is 0 Å². The molecule has 11 aromatic rings. The van der Waals surface area contributed by atoms with Crippen LogP contribution in [0.15, 0.2) is 152 Å². The minimum Gasteiger partial charge on any atom is -0.321 e. The summed E-state index contributed by atoms with van der Waals surface area (Å²) in [5.74, 6) is 1.37. The normalized spacial score (nSPS) is 15.6. The van der Waals surface area contributed by atoms with Gasteiger partial charge in [0, 0.05) is 38.1 Å². The van der Waals surface area contributed by atoms with Crippen molar-refractivity contribution in [3.63, 3.8) is 0 Å². The van der Waals surface area contributed by atoms with Crippen molar-refractivity contribution in [2.45, 2.75) is 24.8 Å². The second-order valence-corrected chi connectivity index (χ2v) is 19.7. The molecule has 13 rings (SSSR count). The van der Waals surface area contributed by atoms with E-state index in [1.54, 1.807) is 0 Å². The van der Waals surface area contributed by atoms with E-state index < -0.39 is 5.54 Å². The van der Waals surface area contributed by atoms with Gasteiger partial charge in [0.2, 0.25) is 5.95 Å². The van der Waals surface area contributed by atoms with Gasteiger partial charge in [0.15, 0.2) is 11.6 Å². The quantitative estimate of drug-likeness (QED) is 0.241. The Morgan fingerprint density at radius 3 is 1.64 bits per heavy atom. The van der Waals surface area contributed by atoms with Crippen LogP contribution in [-0.4, -0.2) is 103 Å². The maximum atomic E-state index is 7.25. The smallest absolute Gasteiger partial charge is 0.238 e. The number of hydrogen-bond acceptors (Lipinski definition) is 3. The van der Waals surface area contributed by atoms with Gasteiger partial charge in [-0.25, -0.2) is 4.98 Å². The Hall–Kier alpha value is -7.50. The van der Waals surface area contributed by atoms with Gasteiger partial charge in [0.05, 0.1) is 22.1 Å². The van der Waals surface area contributed by atoms with Crippen LogP contribution in [0.25, 0.3) is 89.0 Å². The van der Waals surface area contributed by atoms with E-state index in [-0.39, 0.29) is 60.0 Å². The summed E-state index contributed by atoms with van der Waals surface area (Å²) in [6.07, 6.45) is 5.74. The Morgan fingerprint density at radius 2 is 0.959 bits per heavy atom. The molecule has 2 aliphatic carbocycles. The molecule has 0 saturated heterocycles. The van der Waals surface area contributed by atoms with Gasteiger partial charge in [-0.1, -0.05) is 163 Å². The molecule has 74 heavy (non-hydrogen) atoms. The van der Waals surface area contributed by atoms with Crippen molar-refractivity contribution in [1.29, 1.82) is 0 Å². The topological polar surface area (TPSA) is 48.5 Å². The third-order valence-electron chi connectivity index (χ3n) is 15.6. The number of para-hydroxylation sites is 2. The molecular formula is C59H31B10N5. The van der Waals surface area contributed by atoms with Gasteiger partial charge in [-0.3, -0.25) is 4.57 Å². The number of benzene rings is 8. The molecule has 2 aliphatic rings. The first-order chi connectivity index (χ1) is 35.6. The largest absolute Gasteiger partial charge is 0.321 e. The summed E-state index contributed by atoms with van der Waals surface area (Å²) in [7, 11) is 68.6. The molecule has 20 radical (unpaired) electrons. The summed E-state index contributed by atoms with van der Waals surface area (Å²) in [6.45, 7) is 4.53. The van der Waals surface area contributed by atoms with Gasteiger partial charge < -0.3 is 4.57 Å². The second-order valence-electron chi connectivity index (χ2n) is 19.7. The van der Waals surface area contributed by atoms with Crippen molar-refractivity contribution in [1.82, 2.24) is 24.1 Å². The van der Waals surface area contributed by atoms with Gasteiger partial charge in [-0.15, -0.1) is 32.8 Å². The minimum absolute atomic E-state index is 0.0486. The number of aromatic nitrogens is 5. The Balaban J connectivity index is 1.20. The maximum absolute atomic E-state index is 7.25. The number of rotatable bonds is 6. The SMILES string of the molecule is [B]c1c([B])c([B])c(C2=CC=CC2(c2c([B])c([B])c([B])c([B])c2[B])n2c3ccccc3c3ccc4c5ccccc5n(-c5nc(-c6ccccc6)nc(-c6ccc7c(c6)C(C)(C)c6ccccc6-7)n5)c4c32)c([B])c1[B]. The fourth-order valence-electron chi connectivity index (χ4n) is 11.9. The molecule has 0 spiro atoms. The van der Waals surface area contributed by atoms with Crippen LogP contribution in [0, 0.1) is 0 Å². The van der Waals surface area contributed by atoms with E-state index in [4.69, 9.17) is 93.4 Å². The number of allylic oxidation sites excluding steroid dienone is 4. The molecule has 15 heteroatoms. The average Bonchev–Trinajstić information content (AvgIpc) is 4.19. The number of fused-ring (bicyclic) bond motifs is 10. The van der Waals surface area contributed by atoms with Crippen LogP contribution in [0.2, 0.25) is 0 Å². The Morgan fingerprint density at radius 1 is 0.432 bits per heavy atom. The van der Waals surface area contributed by atoms with Crippen molar-refractivity contribution >= 4 is 182 Å². The molecule has 0 saturated carbocycles. The van der Waals surface area contributed by atoms with Crippen molar-refractivity contribution in [3.05, 3.63) is 174 Å². The molecule has 0 bridgehead atoms. The van der Waals surface area contributed by atoms with Gasteiger partial charge >= 0.3 is 0 Å². The highest BCUT2D eigenvalue weighted by Gasteiger charge is 2.45. The fraction of sp³-hybridized carbons (Fsp3) is 0.0678. The van der Waals surface area contributed by atoms with Crippen LogP contribution < -0.4 is 54.6 Å². The number of hydrogen-bond donors (Lipinski definition) is 0. The van der Waals surface area contributed by atoms with E-state index in [2.05, 4.69) is 95.8 Å². The molecule has 322 valence electrons. The lowest BCUT2D eigenvalue weighted by Crippen LogP contribution is -2.61. The first-order valence-electron chi connectivity index (χ1n) is 24.1. The first kappa shape index (κ1) is 46.3. The minimum atomic E-state index is -1.56. The zero-order valence-electron chi connectivity index (χ0n) is 40.4. The van der Waals surface area contributed by atoms with Crippen molar-refractivity contribution in [3.8, 4) is 39.9 Å². The fourth-order valence-corrected chi connectivity index (χ4v) is 11.9. The first-order valence-corrected chi connectivity index (χ1v) is 24.1. The Labute approximate surface area is 442 Å². The highest BCUT2D eigenvalue weighted by Crippen LogP contribution is 2.51. The lowest BCUT2D eigenvalue weighted by atomic mass is 9.55. The van der Waals surface area contributed by atoms with Crippen LogP contribution in [0.4, 0.5) is 0 Å². The monoisotopic (exact) mass is 919 g/mol. The predicted octanol–water partition coefficient (Wildman–Crippen LogP) is 2.05. The predicted molar refractivity (Wildman–Crippen MR) is 317 cm³/mol. The van der Waals surface area contributed by atoms with Gasteiger partial charge in [-0.2, -0.15) is 9.97 Å². The lowest BCUT2D eigenvalue weighted by molar-refractivity contribution is 0.630. The highest BCUT2D eigenvalue weighted by molar-refractivity contribution is 6.69. The van der Waals surface area contributed by atoms with Crippen molar-refractivity contribution < 1.29 is 0 Å². The molecule has 8 aromatic carbocycles. The Bertz CT molecular complexity index is 4310. The molecule has 3 aromatic heterocycles. The molecular weight excluding hydrogens is 887 g/mol. The summed E-state index contributed by atoms with van der Waals surface area (Å²) in [4.78, 5) is 16.1. The third-order valence-corrected chi connectivity index (χ3v) is 15.6. The van der Waals surface area contributed by atoms with E-state index in [0.717, 1.165) is 54.7 Å². The molecule has 5 nitrogen and oxygen atoms in total. The van der Waals surface area contributed by atoms with Gasteiger partial charge in [0.25, 0.3) is 0 Å². The summed E-state index contributed by atoms with van der Waals surface area (Å²) in [6, 6.07) is 45.6. The van der Waals surface area contributed by atoms with Crippen LogP contribution in [0.3, 0.4) is 0 Å². The van der Waals surface area contributed by atoms with E-state index in [0.29, 0.717) is 34.3 Å². The standard InChI is InChI=1S/C59H31B10N5/c1-58(2)36-18-9-6-15-30(36)31-23-22-29(27-38(31)58)56-70-55(28-13-4-3-5-14-28)71-57(72-56)73-39-20-10-7-16-32(39)34-24-25-35-33-17-8-11-21-40(33)74(54(35)53(34)73)59(42-45(62)49(66)52(69)50(67)46(42)63)26-12-19-37(59)41-43(60)47(64)51(68)48(65)44(41)61/h3-27H,1-2H3. The third kappa shape index (κ3) is 6.22. The number of nitrogens with zero attached hydrogens (tertiary/aromatic N) is 5. The van der Waals surface area contributed by atoms with Crippen LogP contribution in [0.5, 0.6) is 0 Å². The summed E-state index contributed by atoms with van der Waals surface area (Å²) >= 11 is 0. The molecule has 0 aliphatic heterocycles. The van der Waals surface area contributed by atoms with Crippen molar-refractivity contribution in [2.75, 3.05) is 0 Å². The van der Waals surface area contributed by atoms with Crippen LogP contribution in [0.1, 0.15) is 36.1 Å². The zero-order chi connectivity index (χ0) is 51.3. The zero-order valence-corrected chi connectivity index (χ0v) is 40.4. The Kier molecular flexibility index (Phi) is 10.3. The van der Waals surface area contributed by atoms with Gasteiger partial charge in [0.1, 0.15) is 84.0 Å². The molecule has 0 N–H and O–H groups in total. The van der Waals surface area contributed by atoms with E-state index >= 15 is 0 Å². The molecule has 0 amide bonds. The maximum Gasteiger partial charge on any atom is 0.238 e.